The van der Waals surface area contributed by atoms with Crippen LogP contribution in [0.1, 0.15) is 0 Å². The Morgan fingerprint density at radius 1 is 0.926 bits per heavy atom. The van der Waals surface area contributed by atoms with Crippen molar-refractivity contribution < 1.29 is 36.2 Å². The van der Waals surface area contributed by atoms with E-state index in [0.717, 1.165) is 10.3 Å². The molecule has 2 aromatic heterocycles. The zero-order chi connectivity index (χ0) is 21.1. The van der Waals surface area contributed by atoms with Crippen molar-refractivity contribution in [1.29, 1.82) is 0 Å². The molecule has 0 spiro atoms. The first kappa shape index (κ1) is 24.7. The Hall–Kier alpha value is -2.28. The average molecular weight is 465 g/mol. The molecule has 0 unspecified atom stereocenters. The number of nitrogen functional groups attached to an aromatic ring is 2. The number of pyridine rings is 2. The van der Waals surface area contributed by atoms with Crippen molar-refractivity contribution in [3.8, 4) is 5.88 Å². The molecule has 152 valence electrons. The Kier molecular flexibility index (Phi) is 10.5. The molecule has 27 heavy (non-hydrogen) atoms. The SMILES string of the molecule is Nc1ccnc(Br)c1.Nc1ccnc(OCC(F)(F)F)c1.OCC(F)(F)F. The molecule has 0 amide bonds. The third kappa shape index (κ3) is 15.7. The number of halogens is 7. The lowest BCUT2D eigenvalue weighted by Crippen LogP contribution is -2.19. The van der Waals surface area contributed by atoms with Crippen LogP contribution in [-0.4, -0.2) is 40.6 Å². The summed E-state index contributed by atoms with van der Waals surface area (Å²) in [6.45, 7) is -3.09. The molecule has 0 saturated carbocycles. The molecule has 5 N–H and O–H groups in total. The number of anilines is 2. The van der Waals surface area contributed by atoms with Gasteiger partial charge in [0.05, 0.1) is 0 Å². The number of aromatic nitrogens is 2. The van der Waals surface area contributed by atoms with Gasteiger partial charge >= 0.3 is 12.4 Å². The minimum absolute atomic E-state index is 0.127. The second kappa shape index (κ2) is 11.4. The van der Waals surface area contributed by atoms with E-state index in [2.05, 4.69) is 30.6 Å². The molecule has 0 aliphatic carbocycles. The van der Waals surface area contributed by atoms with Gasteiger partial charge in [-0.2, -0.15) is 26.3 Å². The van der Waals surface area contributed by atoms with Crippen LogP contribution in [0.4, 0.5) is 37.7 Å². The summed E-state index contributed by atoms with van der Waals surface area (Å²) in [4.78, 5) is 7.42. The molecule has 0 fully saturated rings. The van der Waals surface area contributed by atoms with E-state index in [1.807, 2.05) is 0 Å². The van der Waals surface area contributed by atoms with E-state index in [0.29, 0.717) is 5.69 Å². The van der Waals surface area contributed by atoms with Gasteiger partial charge in [0.25, 0.3) is 0 Å². The summed E-state index contributed by atoms with van der Waals surface area (Å²) >= 11 is 3.17. The quantitative estimate of drug-likeness (QED) is 0.463. The third-order valence-corrected chi connectivity index (χ3v) is 2.51. The molecule has 0 bridgehead atoms. The molecule has 0 aliphatic heterocycles. The lowest BCUT2D eigenvalue weighted by molar-refractivity contribution is -0.159. The van der Waals surface area contributed by atoms with Crippen LogP contribution in [-0.2, 0) is 0 Å². The van der Waals surface area contributed by atoms with E-state index < -0.39 is 25.6 Å². The molecule has 0 aliphatic rings. The number of rotatable bonds is 2. The Morgan fingerprint density at radius 3 is 1.74 bits per heavy atom. The normalized spacial score (nSPS) is 10.8. The second-order valence-electron chi connectivity index (χ2n) is 4.52. The lowest BCUT2D eigenvalue weighted by atomic mass is 10.4. The van der Waals surface area contributed by atoms with E-state index in [4.69, 9.17) is 16.6 Å². The van der Waals surface area contributed by atoms with Crippen molar-refractivity contribution in [3.63, 3.8) is 0 Å². The van der Waals surface area contributed by atoms with E-state index in [1.54, 1.807) is 18.3 Å². The average Bonchev–Trinajstić information content (AvgIpc) is 2.53. The molecule has 13 heteroatoms. The number of hydrogen-bond acceptors (Lipinski definition) is 6. The van der Waals surface area contributed by atoms with Gasteiger partial charge in [-0.05, 0) is 34.1 Å². The van der Waals surface area contributed by atoms with Gasteiger partial charge in [-0.1, -0.05) is 0 Å². The first-order valence-corrected chi connectivity index (χ1v) is 7.57. The van der Waals surface area contributed by atoms with Gasteiger partial charge in [0.1, 0.15) is 11.2 Å². The molecular weight excluding hydrogens is 450 g/mol. The molecule has 0 saturated heterocycles. The molecule has 2 aromatic rings. The van der Waals surface area contributed by atoms with Crippen molar-refractivity contribution in [2.45, 2.75) is 12.4 Å². The van der Waals surface area contributed by atoms with Gasteiger partial charge < -0.3 is 21.3 Å². The standard InChI is InChI=1S/C7H7F3N2O.C5H5BrN2.C2H3F3O/c8-7(9,10)4-13-6-3-5(11)1-2-12-6;6-5-3-4(7)1-2-8-5;3-2(4,5)1-6/h1-3H,4H2,(H2,11,12);1-3H,(H2,7,8);6H,1H2. The van der Waals surface area contributed by atoms with Crippen molar-refractivity contribution in [1.82, 2.24) is 9.97 Å². The van der Waals surface area contributed by atoms with Crippen molar-refractivity contribution >= 4 is 27.3 Å². The summed E-state index contributed by atoms with van der Waals surface area (Å²) in [6, 6.07) is 6.18. The van der Waals surface area contributed by atoms with Crippen molar-refractivity contribution in [2.24, 2.45) is 0 Å². The summed E-state index contributed by atoms with van der Waals surface area (Å²) in [5, 5.41) is 7.28. The van der Waals surface area contributed by atoms with Crippen LogP contribution < -0.4 is 16.2 Å². The summed E-state index contributed by atoms with van der Waals surface area (Å²) in [5.74, 6) is -0.127. The third-order valence-electron chi connectivity index (χ3n) is 2.07. The van der Waals surface area contributed by atoms with Gasteiger partial charge in [0, 0.05) is 29.8 Å². The van der Waals surface area contributed by atoms with E-state index >= 15 is 0 Å². The number of ether oxygens (including phenoxy) is 1. The van der Waals surface area contributed by atoms with Gasteiger partial charge in [-0.3, -0.25) is 0 Å². The molecule has 0 atom stereocenters. The van der Waals surface area contributed by atoms with Crippen LogP contribution in [0.3, 0.4) is 0 Å². The molecule has 2 heterocycles. The van der Waals surface area contributed by atoms with Crippen LogP contribution in [0.5, 0.6) is 5.88 Å². The number of hydrogen-bond donors (Lipinski definition) is 3. The van der Waals surface area contributed by atoms with Crippen LogP contribution in [0.2, 0.25) is 0 Å². The number of aliphatic hydroxyl groups excluding tert-OH is 1. The Labute approximate surface area is 158 Å². The zero-order valence-electron chi connectivity index (χ0n) is 13.4. The van der Waals surface area contributed by atoms with Crippen LogP contribution in [0.25, 0.3) is 0 Å². The van der Waals surface area contributed by atoms with Crippen LogP contribution in [0.15, 0.2) is 41.3 Å². The van der Waals surface area contributed by atoms with E-state index in [-0.39, 0.29) is 5.88 Å². The van der Waals surface area contributed by atoms with Gasteiger partial charge in [0.15, 0.2) is 6.61 Å². The van der Waals surface area contributed by atoms with Crippen molar-refractivity contribution in [3.05, 3.63) is 41.3 Å². The topological polar surface area (TPSA) is 107 Å². The number of nitrogens with zero attached hydrogens (tertiary/aromatic N) is 2. The molecule has 0 radical (unpaired) electrons. The summed E-state index contributed by atoms with van der Waals surface area (Å²) in [7, 11) is 0. The highest BCUT2D eigenvalue weighted by molar-refractivity contribution is 9.10. The molecule has 6 nitrogen and oxygen atoms in total. The maximum atomic E-state index is 11.7. The smallest absolute Gasteiger partial charge is 0.422 e. The van der Waals surface area contributed by atoms with Gasteiger partial charge in [-0.25, -0.2) is 9.97 Å². The minimum Gasteiger partial charge on any atom is -0.468 e. The van der Waals surface area contributed by atoms with Crippen LogP contribution >= 0.6 is 15.9 Å². The molecule has 0 aromatic carbocycles. The van der Waals surface area contributed by atoms with Gasteiger partial charge in [0.2, 0.25) is 5.88 Å². The molecule has 2 rings (SSSR count). The molecular formula is C14H15BrF6N4O2. The zero-order valence-corrected chi connectivity index (χ0v) is 15.0. The summed E-state index contributed by atoms with van der Waals surface area (Å²) in [6.07, 6.45) is -5.83. The van der Waals surface area contributed by atoms with Crippen LogP contribution in [0, 0.1) is 0 Å². The second-order valence-corrected chi connectivity index (χ2v) is 5.33. The fraction of sp³-hybridized carbons (Fsp3) is 0.286. The Bertz CT molecular complexity index is 668. The number of alkyl halides is 6. The maximum Gasteiger partial charge on any atom is 0.422 e. The fourth-order valence-electron chi connectivity index (χ4n) is 1.08. The monoisotopic (exact) mass is 464 g/mol. The van der Waals surface area contributed by atoms with Gasteiger partial charge in [-0.15, -0.1) is 0 Å². The highest BCUT2D eigenvalue weighted by Crippen LogP contribution is 2.17. The number of nitrogens with two attached hydrogens (primary N) is 2. The van der Waals surface area contributed by atoms with Crippen molar-refractivity contribution in [2.75, 3.05) is 24.7 Å². The largest absolute Gasteiger partial charge is 0.468 e. The first-order chi connectivity index (χ1) is 12.3. The maximum absolute atomic E-state index is 11.7. The highest BCUT2D eigenvalue weighted by atomic mass is 79.9. The lowest BCUT2D eigenvalue weighted by Gasteiger charge is -2.07. The fourth-order valence-corrected chi connectivity index (χ4v) is 1.46. The van der Waals surface area contributed by atoms with E-state index in [1.165, 1.54) is 18.3 Å². The summed E-state index contributed by atoms with van der Waals surface area (Å²) in [5.41, 5.74) is 11.7. The highest BCUT2D eigenvalue weighted by Gasteiger charge is 2.28. The predicted octanol–water partition coefficient (Wildman–Crippen LogP) is 3.57. The first-order valence-electron chi connectivity index (χ1n) is 6.78. The Morgan fingerprint density at radius 2 is 1.41 bits per heavy atom. The minimum atomic E-state index is -4.40. The van der Waals surface area contributed by atoms with E-state index in [9.17, 15) is 26.3 Å². The number of aliphatic hydroxyl groups is 1. The summed E-state index contributed by atoms with van der Waals surface area (Å²) < 4.78 is 71.7. The Balaban J connectivity index is 0.000000413. The predicted molar refractivity (Wildman–Crippen MR) is 89.7 cm³/mol.